The Kier molecular flexibility index (Phi) is 4.02. The van der Waals surface area contributed by atoms with Gasteiger partial charge in [0.25, 0.3) is 0 Å². The van der Waals surface area contributed by atoms with Crippen LogP contribution in [-0.4, -0.2) is 14.5 Å². The number of aromatic amines is 1. The predicted molar refractivity (Wildman–Crippen MR) is 161 cm³/mol. The quantitative estimate of drug-likeness (QED) is 0.257. The Morgan fingerprint density at radius 3 is 2.26 bits per heavy atom. The number of aromatic nitrogens is 3. The first-order valence-electron chi connectivity index (χ1n) is 13.1. The number of rotatable bonds is 2. The van der Waals surface area contributed by atoms with Crippen LogP contribution in [0.25, 0.3) is 82.5 Å². The fourth-order valence-corrected chi connectivity index (χ4v) is 6.18. The normalized spacial score (nSPS) is 12.1. The van der Waals surface area contributed by atoms with E-state index in [9.17, 15) is 0 Å². The molecule has 0 amide bonds. The zero-order valence-electron chi connectivity index (χ0n) is 20.8. The molecule has 0 atom stereocenters. The molecule has 5 aromatic carbocycles. The highest BCUT2D eigenvalue weighted by Gasteiger charge is 2.16. The summed E-state index contributed by atoms with van der Waals surface area (Å²) in [7, 11) is 0. The third kappa shape index (κ3) is 2.91. The van der Waals surface area contributed by atoms with Gasteiger partial charge in [-0.2, -0.15) is 0 Å². The van der Waals surface area contributed by atoms with Crippen LogP contribution < -0.4 is 0 Å². The molecule has 4 heterocycles. The molecule has 4 aromatic heterocycles. The van der Waals surface area contributed by atoms with Gasteiger partial charge in [0, 0.05) is 49.8 Å². The first kappa shape index (κ1) is 20.7. The second kappa shape index (κ2) is 7.59. The van der Waals surface area contributed by atoms with Crippen molar-refractivity contribution in [1.29, 1.82) is 0 Å². The minimum atomic E-state index is 0.809. The molecule has 0 unspecified atom stereocenters. The summed E-state index contributed by atoms with van der Waals surface area (Å²) < 4.78 is 8.39. The summed E-state index contributed by atoms with van der Waals surface area (Å²) in [6.45, 7) is 0. The predicted octanol–water partition coefficient (Wildman–Crippen LogP) is 9.38. The number of benzene rings is 5. The van der Waals surface area contributed by atoms with Crippen LogP contribution in [0.2, 0.25) is 0 Å². The van der Waals surface area contributed by atoms with Gasteiger partial charge in [-0.05, 0) is 77.9 Å². The molecule has 1 N–H and O–H groups in total. The lowest BCUT2D eigenvalue weighted by Crippen LogP contribution is -1.93. The fourth-order valence-electron chi connectivity index (χ4n) is 6.18. The number of H-pyrrole nitrogens is 1. The van der Waals surface area contributed by atoms with Crippen molar-refractivity contribution in [2.45, 2.75) is 0 Å². The van der Waals surface area contributed by atoms with Crippen LogP contribution in [0, 0.1) is 0 Å². The van der Waals surface area contributed by atoms with Crippen molar-refractivity contribution in [3.63, 3.8) is 0 Å². The van der Waals surface area contributed by atoms with E-state index in [0.717, 1.165) is 33.3 Å². The second-order valence-corrected chi connectivity index (χ2v) is 10.1. The summed E-state index contributed by atoms with van der Waals surface area (Å²) in [5.41, 5.74) is 10.7. The van der Waals surface area contributed by atoms with E-state index in [1.807, 2.05) is 18.3 Å². The smallest absolute Gasteiger partial charge is 0.153 e. The maximum atomic E-state index is 6.04. The van der Waals surface area contributed by atoms with E-state index in [4.69, 9.17) is 4.42 Å². The molecule has 0 radical (unpaired) electrons. The molecule has 4 nitrogen and oxygen atoms in total. The van der Waals surface area contributed by atoms with Gasteiger partial charge in [-0.25, -0.2) is 0 Å². The number of furan rings is 1. The average Bonchev–Trinajstić information content (AvgIpc) is 3.65. The molecule has 9 rings (SSSR count). The Morgan fingerprint density at radius 2 is 1.31 bits per heavy atom. The maximum absolute atomic E-state index is 6.04. The molecule has 9 aromatic rings. The highest BCUT2D eigenvalue weighted by atomic mass is 16.3. The standard InChI is InChI=1S/C35H21N3O/c1-3-8-29-24(6-1)26-18-21(11-14-30(26)37-29)22-12-15-32-27(19-22)25-7-2-4-9-31(25)38(32)23-13-16-33-28(20-23)35-34(39-33)10-5-17-36-35/h1-20,37H. The molecule has 39 heavy (non-hydrogen) atoms. The van der Waals surface area contributed by atoms with Crippen molar-refractivity contribution in [3.8, 4) is 16.8 Å². The Balaban J connectivity index is 1.28. The van der Waals surface area contributed by atoms with Gasteiger partial charge in [-0.3, -0.25) is 4.98 Å². The second-order valence-electron chi connectivity index (χ2n) is 10.1. The van der Waals surface area contributed by atoms with Crippen LogP contribution in [0.3, 0.4) is 0 Å². The summed E-state index contributed by atoms with van der Waals surface area (Å²) >= 11 is 0. The molecule has 0 spiro atoms. The first-order valence-corrected chi connectivity index (χ1v) is 13.1. The lowest BCUT2D eigenvalue weighted by Gasteiger charge is -2.09. The van der Waals surface area contributed by atoms with Crippen molar-refractivity contribution >= 4 is 65.7 Å². The average molecular weight is 500 g/mol. The Hall–Kier alpha value is -5.35. The summed E-state index contributed by atoms with van der Waals surface area (Å²) in [4.78, 5) is 8.13. The van der Waals surface area contributed by atoms with E-state index in [-0.39, 0.29) is 0 Å². The molecule has 0 aliphatic rings. The van der Waals surface area contributed by atoms with E-state index in [1.54, 1.807) is 0 Å². The maximum Gasteiger partial charge on any atom is 0.153 e. The topological polar surface area (TPSA) is 46.8 Å². The molecule has 0 aliphatic carbocycles. The molecule has 0 fully saturated rings. The summed E-state index contributed by atoms with van der Waals surface area (Å²) in [6.07, 6.45) is 1.82. The van der Waals surface area contributed by atoms with Gasteiger partial charge in [-0.15, -0.1) is 0 Å². The van der Waals surface area contributed by atoms with E-state index in [2.05, 4.69) is 118 Å². The molecular weight excluding hydrogens is 478 g/mol. The lowest BCUT2D eigenvalue weighted by atomic mass is 10.0. The highest BCUT2D eigenvalue weighted by molar-refractivity contribution is 6.12. The minimum Gasteiger partial charge on any atom is -0.454 e. The summed E-state index contributed by atoms with van der Waals surface area (Å²) in [5, 5.41) is 6.00. The van der Waals surface area contributed by atoms with E-state index in [1.165, 1.54) is 49.2 Å². The van der Waals surface area contributed by atoms with Gasteiger partial charge in [0.15, 0.2) is 5.58 Å². The first-order chi connectivity index (χ1) is 19.3. The SMILES string of the molecule is c1ccc2c(c1)[nH]c1ccc(-c3ccc4c(c3)c3ccccc3n4-c3ccc4oc5cccnc5c4c3)cc12. The van der Waals surface area contributed by atoms with Gasteiger partial charge < -0.3 is 14.0 Å². The van der Waals surface area contributed by atoms with Gasteiger partial charge >= 0.3 is 0 Å². The lowest BCUT2D eigenvalue weighted by molar-refractivity contribution is 0.668. The summed E-state index contributed by atoms with van der Waals surface area (Å²) in [5.74, 6) is 0. The van der Waals surface area contributed by atoms with Crippen molar-refractivity contribution in [2.24, 2.45) is 0 Å². The Labute approximate surface area is 222 Å². The number of hydrogen-bond donors (Lipinski definition) is 1. The Bertz CT molecular complexity index is 2400. The number of nitrogens with one attached hydrogen (secondary N) is 1. The van der Waals surface area contributed by atoms with E-state index >= 15 is 0 Å². The molecule has 0 saturated heterocycles. The minimum absolute atomic E-state index is 0.809. The van der Waals surface area contributed by atoms with Crippen LogP contribution in [0.1, 0.15) is 0 Å². The largest absolute Gasteiger partial charge is 0.454 e. The van der Waals surface area contributed by atoms with E-state index in [0.29, 0.717) is 0 Å². The molecule has 0 saturated carbocycles. The van der Waals surface area contributed by atoms with Crippen LogP contribution >= 0.6 is 0 Å². The molecule has 0 bridgehead atoms. The fraction of sp³-hybridized carbons (Fsp3) is 0. The number of fused-ring (bicyclic) bond motifs is 9. The van der Waals surface area contributed by atoms with Gasteiger partial charge in [-0.1, -0.05) is 48.5 Å². The number of hydrogen-bond acceptors (Lipinski definition) is 2. The van der Waals surface area contributed by atoms with E-state index < -0.39 is 0 Å². The van der Waals surface area contributed by atoms with Crippen LogP contribution in [0.5, 0.6) is 0 Å². The van der Waals surface area contributed by atoms with Crippen LogP contribution in [0.15, 0.2) is 126 Å². The highest BCUT2D eigenvalue weighted by Crippen LogP contribution is 2.37. The molecule has 0 aliphatic heterocycles. The Morgan fingerprint density at radius 1 is 0.538 bits per heavy atom. The third-order valence-electron chi connectivity index (χ3n) is 7.98. The number of pyridine rings is 1. The third-order valence-corrected chi connectivity index (χ3v) is 7.98. The number of nitrogens with zero attached hydrogens (tertiary/aromatic N) is 2. The van der Waals surface area contributed by atoms with Crippen molar-refractivity contribution < 1.29 is 4.42 Å². The van der Waals surface area contributed by atoms with Crippen molar-refractivity contribution in [1.82, 2.24) is 14.5 Å². The summed E-state index contributed by atoms with van der Waals surface area (Å²) in [6, 6.07) is 40.9. The van der Waals surface area contributed by atoms with Crippen molar-refractivity contribution in [3.05, 3.63) is 121 Å². The van der Waals surface area contributed by atoms with Crippen molar-refractivity contribution in [2.75, 3.05) is 0 Å². The molecule has 4 heteroatoms. The zero-order chi connectivity index (χ0) is 25.5. The van der Waals surface area contributed by atoms with Crippen LogP contribution in [0.4, 0.5) is 0 Å². The van der Waals surface area contributed by atoms with Crippen LogP contribution in [-0.2, 0) is 0 Å². The monoisotopic (exact) mass is 499 g/mol. The molecule has 182 valence electrons. The van der Waals surface area contributed by atoms with Gasteiger partial charge in [0.05, 0.1) is 11.0 Å². The van der Waals surface area contributed by atoms with Gasteiger partial charge in [0.2, 0.25) is 0 Å². The molecular formula is C35H21N3O. The number of para-hydroxylation sites is 2. The van der Waals surface area contributed by atoms with Gasteiger partial charge in [0.1, 0.15) is 11.1 Å². The zero-order valence-corrected chi connectivity index (χ0v) is 20.8.